The van der Waals surface area contributed by atoms with Gasteiger partial charge in [0, 0.05) is 6.66 Å². The molecule has 1 atom stereocenters. The molecule has 0 spiro atoms. The van der Waals surface area contributed by atoms with E-state index in [9.17, 15) is 0 Å². The molecule has 0 aliphatic rings. The Morgan fingerprint density at radius 2 is 2.20 bits per heavy atom. The highest BCUT2D eigenvalue weighted by molar-refractivity contribution is 7.45. The van der Waals surface area contributed by atoms with Crippen LogP contribution >= 0.6 is 8.38 Å². The fourth-order valence-corrected chi connectivity index (χ4v) is 0.907. The predicted octanol–water partition coefficient (Wildman–Crippen LogP) is 2.29. The van der Waals surface area contributed by atoms with Gasteiger partial charge in [0.1, 0.15) is 0 Å². The van der Waals surface area contributed by atoms with E-state index in [0.29, 0.717) is 6.61 Å². The monoisotopic (exact) mass is 162 g/mol. The van der Waals surface area contributed by atoms with Crippen molar-refractivity contribution in [2.75, 3.05) is 13.3 Å². The molecule has 0 radical (unpaired) electrons. The lowest BCUT2D eigenvalue weighted by atomic mass is 10.3. The van der Waals surface area contributed by atoms with Crippen LogP contribution < -0.4 is 0 Å². The summed E-state index contributed by atoms with van der Waals surface area (Å²) in [6.45, 7) is 4.41. The molecule has 0 heterocycles. The zero-order chi connectivity index (χ0) is 7.82. The Balaban J connectivity index is 2.97. The smallest absolute Gasteiger partial charge is 0.164 e. The van der Waals surface area contributed by atoms with Gasteiger partial charge in [-0.05, 0) is 12.8 Å². The molecule has 0 aliphatic carbocycles. The van der Waals surface area contributed by atoms with Crippen molar-refractivity contribution in [2.45, 2.75) is 19.8 Å². The maximum atomic E-state index is 8.73. The quantitative estimate of drug-likeness (QED) is 0.382. The van der Waals surface area contributed by atoms with E-state index in [1.54, 1.807) is 6.66 Å². The molecule has 0 saturated heterocycles. The van der Waals surface area contributed by atoms with Gasteiger partial charge < -0.3 is 9.42 Å². The average molecular weight is 162 g/mol. The molecular formula is C7H15O2P. The number of rotatable bonds is 5. The first-order valence-corrected chi connectivity index (χ1v) is 5.13. The van der Waals surface area contributed by atoms with E-state index in [4.69, 9.17) is 9.42 Å². The molecule has 3 heteroatoms. The highest BCUT2D eigenvalue weighted by atomic mass is 31.2. The molecule has 0 aromatic carbocycles. The SMILES string of the molecule is CC/C=C\CCOP(C)O. The second-order valence-electron chi connectivity index (χ2n) is 1.97. The minimum atomic E-state index is -1.16. The van der Waals surface area contributed by atoms with Crippen LogP contribution in [-0.4, -0.2) is 18.2 Å². The molecule has 0 amide bonds. The maximum Gasteiger partial charge on any atom is 0.164 e. The lowest BCUT2D eigenvalue weighted by Gasteiger charge is -2.01. The third kappa shape index (κ3) is 8.09. The molecule has 0 bridgehead atoms. The van der Waals surface area contributed by atoms with Crippen LogP contribution in [0.1, 0.15) is 19.8 Å². The molecule has 0 saturated carbocycles. The van der Waals surface area contributed by atoms with Crippen molar-refractivity contribution in [3.05, 3.63) is 12.2 Å². The molecule has 0 aromatic heterocycles. The van der Waals surface area contributed by atoms with Gasteiger partial charge in [0.25, 0.3) is 0 Å². The summed E-state index contributed by atoms with van der Waals surface area (Å²) in [6, 6.07) is 0. The Kier molecular flexibility index (Phi) is 7.26. The van der Waals surface area contributed by atoms with Gasteiger partial charge in [-0.25, -0.2) is 0 Å². The summed E-state index contributed by atoms with van der Waals surface area (Å²) in [5.41, 5.74) is 0. The summed E-state index contributed by atoms with van der Waals surface area (Å²) in [5, 5.41) is 0. The Labute approximate surface area is 63.8 Å². The Bertz CT molecular complexity index is 91.6. The van der Waals surface area contributed by atoms with E-state index in [1.807, 2.05) is 0 Å². The zero-order valence-electron chi connectivity index (χ0n) is 6.58. The highest BCUT2D eigenvalue weighted by Crippen LogP contribution is 2.24. The molecule has 0 aliphatic heterocycles. The largest absolute Gasteiger partial charge is 0.350 e. The Morgan fingerprint density at radius 1 is 1.50 bits per heavy atom. The van der Waals surface area contributed by atoms with Gasteiger partial charge >= 0.3 is 0 Å². The fraction of sp³-hybridized carbons (Fsp3) is 0.714. The first-order valence-electron chi connectivity index (χ1n) is 3.48. The molecule has 0 fully saturated rings. The second kappa shape index (κ2) is 7.20. The lowest BCUT2D eigenvalue weighted by Crippen LogP contribution is -1.85. The fourth-order valence-electron chi connectivity index (χ4n) is 0.537. The minimum Gasteiger partial charge on any atom is -0.350 e. The highest BCUT2D eigenvalue weighted by Gasteiger charge is 1.91. The van der Waals surface area contributed by atoms with Crippen molar-refractivity contribution < 1.29 is 9.42 Å². The summed E-state index contributed by atoms with van der Waals surface area (Å²) in [7, 11) is -1.16. The maximum absolute atomic E-state index is 8.73. The van der Waals surface area contributed by atoms with Gasteiger partial charge in [-0.2, -0.15) is 0 Å². The first kappa shape index (κ1) is 10.1. The van der Waals surface area contributed by atoms with E-state index in [1.165, 1.54) is 0 Å². The van der Waals surface area contributed by atoms with Crippen LogP contribution in [0.15, 0.2) is 12.2 Å². The molecule has 2 nitrogen and oxygen atoms in total. The third-order valence-electron chi connectivity index (χ3n) is 0.965. The standard InChI is InChI=1S/C7H15O2P/c1-3-4-5-6-7-9-10(2)8/h4-5,8H,3,6-7H2,1-2H3/b5-4-. The predicted molar refractivity (Wildman–Crippen MR) is 45.1 cm³/mol. The molecule has 1 unspecified atom stereocenters. The van der Waals surface area contributed by atoms with Gasteiger partial charge in [0.2, 0.25) is 0 Å². The van der Waals surface area contributed by atoms with Crippen LogP contribution in [0.25, 0.3) is 0 Å². The van der Waals surface area contributed by atoms with E-state index < -0.39 is 8.38 Å². The summed E-state index contributed by atoms with van der Waals surface area (Å²) in [6.07, 6.45) is 6.14. The van der Waals surface area contributed by atoms with Gasteiger partial charge in [-0.15, -0.1) is 0 Å². The summed E-state index contributed by atoms with van der Waals surface area (Å²) >= 11 is 0. The van der Waals surface area contributed by atoms with Gasteiger partial charge in [-0.3, -0.25) is 0 Å². The molecule has 10 heavy (non-hydrogen) atoms. The van der Waals surface area contributed by atoms with Gasteiger partial charge in [-0.1, -0.05) is 19.1 Å². The average Bonchev–Trinajstić information content (AvgIpc) is 1.87. The number of hydrogen-bond donors (Lipinski definition) is 1. The van der Waals surface area contributed by atoms with E-state index in [2.05, 4.69) is 19.1 Å². The second-order valence-corrected chi connectivity index (χ2v) is 3.15. The van der Waals surface area contributed by atoms with Crippen molar-refractivity contribution in [1.29, 1.82) is 0 Å². The molecular weight excluding hydrogens is 147 g/mol. The Morgan fingerprint density at radius 3 is 2.70 bits per heavy atom. The van der Waals surface area contributed by atoms with Crippen LogP contribution in [-0.2, 0) is 4.52 Å². The topological polar surface area (TPSA) is 29.5 Å². The number of hydrogen-bond acceptors (Lipinski definition) is 2. The van der Waals surface area contributed by atoms with Crippen LogP contribution in [0.4, 0.5) is 0 Å². The summed E-state index contributed by atoms with van der Waals surface area (Å²) in [4.78, 5) is 8.73. The van der Waals surface area contributed by atoms with Crippen molar-refractivity contribution in [1.82, 2.24) is 0 Å². The lowest BCUT2D eigenvalue weighted by molar-refractivity contribution is 0.320. The van der Waals surface area contributed by atoms with Crippen LogP contribution in [0.5, 0.6) is 0 Å². The van der Waals surface area contributed by atoms with E-state index >= 15 is 0 Å². The van der Waals surface area contributed by atoms with Crippen LogP contribution in [0, 0.1) is 0 Å². The van der Waals surface area contributed by atoms with Crippen molar-refractivity contribution in [3.8, 4) is 0 Å². The molecule has 1 N–H and O–H groups in total. The van der Waals surface area contributed by atoms with Crippen LogP contribution in [0.2, 0.25) is 0 Å². The molecule has 0 rings (SSSR count). The third-order valence-corrected chi connectivity index (χ3v) is 1.52. The van der Waals surface area contributed by atoms with Crippen LogP contribution in [0.3, 0.4) is 0 Å². The van der Waals surface area contributed by atoms with Gasteiger partial charge in [0.15, 0.2) is 8.38 Å². The van der Waals surface area contributed by atoms with Crippen molar-refractivity contribution >= 4 is 8.38 Å². The van der Waals surface area contributed by atoms with E-state index in [0.717, 1.165) is 12.8 Å². The van der Waals surface area contributed by atoms with Crippen molar-refractivity contribution in [2.24, 2.45) is 0 Å². The number of allylic oxidation sites excluding steroid dienone is 1. The molecule has 0 aromatic rings. The molecule has 60 valence electrons. The van der Waals surface area contributed by atoms with E-state index in [-0.39, 0.29) is 0 Å². The summed E-state index contributed by atoms with van der Waals surface area (Å²) in [5.74, 6) is 0. The zero-order valence-corrected chi connectivity index (χ0v) is 7.47. The normalized spacial score (nSPS) is 14.3. The minimum absolute atomic E-state index is 0.634. The Hall–Kier alpha value is 0.0900. The van der Waals surface area contributed by atoms with Gasteiger partial charge in [0.05, 0.1) is 6.61 Å². The first-order chi connectivity index (χ1) is 4.77. The van der Waals surface area contributed by atoms with Crippen molar-refractivity contribution in [3.63, 3.8) is 0 Å². The summed E-state index contributed by atoms with van der Waals surface area (Å²) < 4.78 is 4.96.